The summed E-state index contributed by atoms with van der Waals surface area (Å²) in [5, 5.41) is 0. The SMILES string of the molecule is CCOC(=O)[C@@H](CN)[C@]1(N2CCCC2)C[C@@H]2CC[C@@]1(C)C2(C)C. The van der Waals surface area contributed by atoms with Crippen LogP contribution in [0.15, 0.2) is 0 Å². The zero-order valence-corrected chi connectivity index (χ0v) is 15.4. The van der Waals surface area contributed by atoms with Gasteiger partial charge in [-0.05, 0) is 68.9 Å². The van der Waals surface area contributed by atoms with Crippen LogP contribution in [0.2, 0.25) is 0 Å². The van der Waals surface area contributed by atoms with Crippen molar-refractivity contribution >= 4 is 5.97 Å². The Kier molecular flexibility index (Phi) is 4.29. The van der Waals surface area contributed by atoms with Crippen molar-refractivity contribution in [1.29, 1.82) is 0 Å². The van der Waals surface area contributed by atoms with Crippen LogP contribution in [-0.2, 0) is 9.53 Å². The Balaban J connectivity index is 2.08. The predicted molar refractivity (Wildman–Crippen MR) is 91.9 cm³/mol. The summed E-state index contributed by atoms with van der Waals surface area (Å²) < 4.78 is 5.47. The number of fused-ring (bicyclic) bond motifs is 2. The van der Waals surface area contributed by atoms with E-state index in [0.717, 1.165) is 19.5 Å². The van der Waals surface area contributed by atoms with Gasteiger partial charge in [0.2, 0.25) is 0 Å². The van der Waals surface area contributed by atoms with Crippen LogP contribution in [0.3, 0.4) is 0 Å². The van der Waals surface area contributed by atoms with Crippen molar-refractivity contribution < 1.29 is 9.53 Å². The minimum atomic E-state index is -0.199. The molecular weight excluding hydrogens is 288 g/mol. The maximum Gasteiger partial charge on any atom is 0.312 e. The third kappa shape index (κ3) is 2.07. The number of esters is 1. The molecule has 4 nitrogen and oxygen atoms in total. The fourth-order valence-corrected chi connectivity index (χ4v) is 6.40. The number of carbonyl (C=O) groups excluding carboxylic acids is 1. The highest BCUT2D eigenvalue weighted by molar-refractivity contribution is 5.75. The number of likely N-dealkylation sites (tertiary alicyclic amines) is 1. The first-order valence-electron chi connectivity index (χ1n) is 9.47. The molecule has 0 radical (unpaired) electrons. The lowest BCUT2D eigenvalue weighted by Gasteiger charge is -2.56. The van der Waals surface area contributed by atoms with E-state index in [1.54, 1.807) is 0 Å². The number of carbonyl (C=O) groups is 1. The maximum absolute atomic E-state index is 12.8. The highest BCUT2D eigenvalue weighted by atomic mass is 16.5. The van der Waals surface area contributed by atoms with E-state index in [-0.39, 0.29) is 28.3 Å². The molecule has 1 saturated heterocycles. The Morgan fingerprint density at radius 1 is 1.30 bits per heavy atom. The third-order valence-corrected chi connectivity index (χ3v) is 8.00. The normalized spacial score (nSPS) is 40.5. The van der Waals surface area contributed by atoms with Gasteiger partial charge in [0.25, 0.3) is 0 Å². The molecule has 0 unspecified atom stereocenters. The Morgan fingerprint density at radius 2 is 1.96 bits per heavy atom. The molecular formula is C19H34N2O2. The first kappa shape index (κ1) is 17.2. The molecule has 2 N–H and O–H groups in total. The summed E-state index contributed by atoms with van der Waals surface area (Å²) in [6.45, 7) is 12.2. The van der Waals surface area contributed by atoms with Gasteiger partial charge in [-0.15, -0.1) is 0 Å². The topological polar surface area (TPSA) is 55.6 Å². The number of hydrogen-bond acceptors (Lipinski definition) is 4. The molecule has 0 aromatic carbocycles. The Labute approximate surface area is 141 Å². The number of ether oxygens (including phenoxy) is 1. The molecule has 1 heterocycles. The van der Waals surface area contributed by atoms with Crippen molar-refractivity contribution in [3.8, 4) is 0 Å². The zero-order chi connectivity index (χ0) is 16.9. The predicted octanol–water partition coefficient (Wildman–Crippen LogP) is 2.81. The largest absolute Gasteiger partial charge is 0.466 e. The van der Waals surface area contributed by atoms with Crippen molar-refractivity contribution in [1.82, 2.24) is 4.90 Å². The van der Waals surface area contributed by atoms with Crippen LogP contribution >= 0.6 is 0 Å². The minimum absolute atomic E-state index is 0.0773. The molecule has 4 atom stereocenters. The molecule has 1 aliphatic heterocycles. The maximum atomic E-state index is 12.8. The number of hydrogen-bond donors (Lipinski definition) is 1. The Hall–Kier alpha value is -0.610. The third-order valence-electron chi connectivity index (χ3n) is 8.00. The van der Waals surface area contributed by atoms with Crippen LogP contribution in [0.1, 0.15) is 59.8 Å². The van der Waals surface area contributed by atoms with Gasteiger partial charge >= 0.3 is 5.97 Å². The van der Waals surface area contributed by atoms with Gasteiger partial charge in [-0.1, -0.05) is 20.8 Å². The lowest BCUT2D eigenvalue weighted by atomic mass is 9.57. The molecule has 2 aliphatic carbocycles. The average molecular weight is 322 g/mol. The zero-order valence-electron chi connectivity index (χ0n) is 15.4. The summed E-state index contributed by atoms with van der Waals surface area (Å²) in [4.78, 5) is 15.5. The fourth-order valence-electron chi connectivity index (χ4n) is 6.40. The van der Waals surface area contributed by atoms with Gasteiger partial charge in [0.05, 0.1) is 12.5 Å². The van der Waals surface area contributed by atoms with Crippen LogP contribution in [0.5, 0.6) is 0 Å². The molecule has 2 saturated carbocycles. The molecule has 0 spiro atoms. The molecule has 0 amide bonds. The lowest BCUT2D eigenvalue weighted by Crippen LogP contribution is -2.65. The summed E-state index contributed by atoms with van der Waals surface area (Å²) in [6, 6.07) is 0. The second kappa shape index (κ2) is 5.73. The van der Waals surface area contributed by atoms with Gasteiger partial charge < -0.3 is 10.5 Å². The first-order chi connectivity index (χ1) is 10.8. The van der Waals surface area contributed by atoms with Gasteiger partial charge in [-0.3, -0.25) is 9.69 Å². The molecule has 3 rings (SSSR count). The van der Waals surface area contributed by atoms with E-state index in [2.05, 4.69) is 25.7 Å². The van der Waals surface area contributed by atoms with Gasteiger partial charge in [-0.25, -0.2) is 0 Å². The molecule has 23 heavy (non-hydrogen) atoms. The van der Waals surface area contributed by atoms with Crippen LogP contribution in [-0.4, -0.2) is 42.6 Å². The van der Waals surface area contributed by atoms with Crippen molar-refractivity contribution in [3.63, 3.8) is 0 Å². The monoisotopic (exact) mass is 322 g/mol. The quantitative estimate of drug-likeness (QED) is 0.791. The molecule has 0 aromatic rings. The molecule has 0 aromatic heterocycles. The summed E-state index contributed by atoms with van der Waals surface area (Å²) in [7, 11) is 0. The average Bonchev–Trinajstić information content (AvgIpc) is 3.14. The Bertz CT molecular complexity index is 472. The van der Waals surface area contributed by atoms with Gasteiger partial charge in [0.15, 0.2) is 0 Å². The van der Waals surface area contributed by atoms with Crippen molar-refractivity contribution in [3.05, 3.63) is 0 Å². The standard InChI is InChI=1S/C19H34N2O2/c1-5-23-16(22)15(13-20)19(21-10-6-7-11-21)12-14-8-9-18(19,4)17(14,2)3/h14-15H,5-13,20H2,1-4H3/t14-,15+,18-,19+/m0/s1. The number of nitrogens with zero attached hydrogens (tertiary/aromatic N) is 1. The van der Waals surface area contributed by atoms with E-state index in [1.165, 1.54) is 25.7 Å². The van der Waals surface area contributed by atoms with Crippen molar-refractivity contribution in [2.24, 2.45) is 28.4 Å². The lowest BCUT2D eigenvalue weighted by molar-refractivity contribution is -0.161. The van der Waals surface area contributed by atoms with Crippen molar-refractivity contribution in [2.75, 3.05) is 26.2 Å². The van der Waals surface area contributed by atoms with Crippen molar-refractivity contribution in [2.45, 2.75) is 65.3 Å². The smallest absolute Gasteiger partial charge is 0.312 e. The highest BCUT2D eigenvalue weighted by Crippen LogP contribution is 2.73. The highest BCUT2D eigenvalue weighted by Gasteiger charge is 2.73. The Morgan fingerprint density at radius 3 is 2.39 bits per heavy atom. The van der Waals surface area contributed by atoms with E-state index in [9.17, 15) is 4.79 Å². The number of rotatable bonds is 5. The van der Waals surface area contributed by atoms with Gasteiger partial charge in [-0.2, -0.15) is 0 Å². The van der Waals surface area contributed by atoms with Crippen LogP contribution in [0, 0.1) is 22.7 Å². The molecule has 3 aliphatic rings. The first-order valence-corrected chi connectivity index (χ1v) is 9.47. The summed E-state index contributed by atoms with van der Waals surface area (Å²) in [5.74, 6) is 0.415. The molecule has 4 heteroatoms. The fraction of sp³-hybridized carbons (Fsp3) is 0.947. The van der Waals surface area contributed by atoms with E-state index in [0.29, 0.717) is 19.1 Å². The molecule has 2 bridgehead atoms. The minimum Gasteiger partial charge on any atom is -0.466 e. The van der Waals surface area contributed by atoms with Crippen LogP contribution < -0.4 is 5.73 Å². The number of nitrogens with two attached hydrogens (primary N) is 1. The second-order valence-corrected chi connectivity index (χ2v) is 8.65. The van der Waals surface area contributed by atoms with Crippen LogP contribution in [0.25, 0.3) is 0 Å². The summed E-state index contributed by atoms with van der Waals surface area (Å²) in [6.07, 6.45) is 6.08. The van der Waals surface area contributed by atoms with E-state index in [1.807, 2.05) is 6.92 Å². The van der Waals surface area contributed by atoms with Gasteiger partial charge in [0.1, 0.15) is 0 Å². The summed E-state index contributed by atoms with van der Waals surface area (Å²) in [5.41, 5.74) is 6.46. The van der Waals surface area contributed by atoms with Gasteiger partial charge in [0, 0.05) is 12.1 Å². The molecule has 3 fully saturated rings. The van der Waals surface area contributed by atoms with Crippen LogP contribution in [0.4, 0.5) is 0 Å². The summed E-state index contributed by atoms with van der Waals surface area (Å²) >= 11 is 0. The second-order valence-electron chi connectivity index (χ2n) is 8.65. The molecule has 132 valence electrons. The van der Waals surface area contributed by atoms with E-state index < -0.39 is 0 Å². The van der Waals surface area contributed by atoms with E-state index >= 15 is 0 Å². The van der Waals surface area contributed by atoms with E-state index in [4.69, 9.17) is 10.5 Å².